The molecule has 0 unspecified atom stereocenters. The van der Waals surface area contributed by atoms with Crippen LogP contribution in [0.25, 0.3) is 0 Å². The summed E-state index contributed by atoms with van der Waals surface area (Å²) in [5.74, 6) is 0.124. The van der Waals surface area contributed by atoms with Crippen LogP contribution in [0.2, 0.25) is 0 Å². The topological polar surface area (TPSA) is 17.1 Å². The molecule has 0 aliphatic heterocycles. The molecule has 0 radical (unpaired) electrons. The number of ketones is 1. The molecule has 0 saturated heterocycles. The van der Waals surface area contributed by atoms with E-state index >= 15 is 0 Å². The largest absolute Gasteiger partial charge is 0.289 e. The maximum absolute atomic E-state index is 11.9. The second-order valence-electron chi connectivity index (χ2n) is 4.36. The van der Waals surface area contributed by atoms with E-state index < -0.39 is 0 Å². The van der Waals surface area contributed by atoms with Gasteiger partial charge in [0.2, 0.25) is 0 Å². The molecule has 0 atom stereocenters. The van der Waals surface area contributed by atoms with E-state index in [-0.39, 0.29) is 5.78 Å². The van der Waals surface area contributed by atoms with Crippen molar-refractivity contribution >= 4 is 5.78 Å². The lowest BCUT2D eigenvalue weighted by Gasteiger charge is -2.08. The summed E-state index contributed by atoms with van der Waals surface area (Å²) in [7, 11) is 0. The summed E-state index contributed by atoms with van der Waals surface area (Å²) in [6.07, 6.45) is 7.75. The van der Waals surface area contributed by atoms with Crippen molar-refractivity contribution in [3.8, 4) is 0 Å². The molecule has 0 heterocycles. The lowest BCUT2D eigenvalue weighted by molar-refractivity contribution is 0.104. The minimum Gasteiger partial charge on any atom is -0.289 e. The van der Waals surface area contributed by atoms with Crippen molar-refractivity contribution < 1.29 is 4.79 Å². The van der Waals surface area contributed by atoms with Gasteiger partial charge in [-0.2, -0.15) is 0 Å². The van der Waals surface area contributed by atoms with E-state index in [1.807, 2.05) is 13.0 Å². The number of aryl methyl sites for hydroxylation is 2. The van der Waals surface area contributed by atoms with Crippen LogP contribution in [0.15, 0.2) is 30.4 Å². The Balaban J connectivity index is 3.07. The molecule has 1 rings (SSSR count). The predicted molar refractivity (Wildman–Crippen MR) is 73.6 cm³/mol. The van der Waals surface area contributed by atoms with Gasteiger partial charge in [0.05, 0.1) is 0 Å². The summed E-state index contributed by atoms with van der Waals surface area (Å²) >= 11 is 0. The highest BCUT2D eigenvalue weighted by atomic mass is 16.1. The van der Waals surface area contributed by atoms with Gasteiger partial charge >= 0.3 is 0 Å². The third kappa shape index (κ3) is 3.85. The number of allylic oxidation sites excluding steroid dienone is 2. The zero-order valence-electron chi connectivity index (χ0n) is 11.1. The van der Waals surface area contributed by atoms with Crippen LogP contribution in [0.4, 0.5) is 0 Å². The van der Waals surface area contributed by atoms with Crippen molar-refractivity contribution in [3.63, 3.8) is 0 Å². The summed E-state index contributed by atoms with van der Waals surface area (Å²) in [6, 6.07) is 6.27. The van der Waals surface area contributed by atoms with E-state index in [1.165, 1.54) is 11.1 Å². The number of benzene rings is 1. The Kier molecular flexibility index (Phi) is 5.68. The maximum atomic E-state index is 11.9. The lowest BCUT2D eigenvalue weighted by Crippen LogP contribution is -2.02. The van der Waals surface area contributed by atoms with Crippen molar-refractivity contribution in [1.82, 2.24) is 0 Å². The number of carbonyl (C=O) groups is 1. The first-order chi connectivity index (χ1) is 8.22. The Hall–Kier alpha value is -1.37. The number of carbonyl (C=O) groups excluding carboxylic acids is 1. The van der Waals surface area contributed by atoms with Gasteiger partial charge in [-0.05, 0) is 37.0 Å². The zero-order valence-corrected chi connectivity index (χ0v) is 11.1. The Bertz CT molecular complexity index is 402. The minimum absolute atomic E-state index is 0.124. The molecule has 0 aromatic heterocycles. The van der Waals surface area contributed by atoms with Crippen molar-refractivity contribution in [2.45, 2.75) is 46.5 Å². The smallest absolute Gasteiger partial charge is 0.185 e. The van der Waals surface area contributed by atoms with E-state index in [0.717, 1.165) is 31.2 Å². The van der Waals surface area contributed by atoms with Crippen molar-refractivity contribution in [2.24, 2.45) is 0 Å². The van der Waals surface area contributed by atoms with Crippen LogP contribution in [0.3, 0.4) is 0 Å². The second-order valence-corrected chi connectivity index (χ2v) is 4.36. The lowest BCUT2D eigenvalue weighted by atomic mass is 9.96. The summed E-state index contributed by atoms with van der Waals surface area (Å²) in [4.78, 5) is 11.9. The monoisotopic (exact) mass is 230 g/mol. The van der Waals surface area contributed by atoms with E-state index in [4.69, 9.17) is 0 Å². The van der Waals surface area contributed by atoms with Gasteiger partial charge in [-0.15, -0.1) is 0 Å². The molecule has 1 nitrogen and oxygen atoms in total. The molecule has 0 N–H and O–H groups in total. The molecule has 92 valence electrons. The van der Waals surface area contributed by atoms with E-state index in [0.29, 0.717) is 0 Å². The fraction of sp³-hybridized carbons (Fsp3) is 0.438. The molecule has 0 fully saturated rings. The highest BCUT2D eigenvalue weighted by Gasteiger charge is 2.08. The van der Waals surface area contributed by atoms with Crippen LogP contribution in [0.5, 0.6) is 0 Å². The van der Waals surface area contributed by atoms with Gasteiger partial charge in [0.25, 0.3) is 0 Å². The molecule has 0 aliphatic carbocycles. The molecule has 0 amide bonds. The molecule has 1 heteroatoms. The maximum Gasteiger partial charge on any atom is 0.185 e. The summed E-state index contributed by atoms with van der Waals surface area (Å²) < 4.78 is 0. The Morgan fingerprint density at radius 2 is 1.88 bits per heavy atom. The van der Waals surface area contributed by atoms with Crippen LogP contribution in [0.1, 0.15) is 55.1 Å². The van der Waals surface area contributed by atoms with Gasteiger partial charge < -0.3 is 0 Å². The molecule has 1 aromatic carbocycles. The van der Waals surface area contributed by atoms with Gasteiger partial charge in [-0.25, -0.2) is 0 Å². The quantitative estimate of drug-likeness (QED) is 0.524. The highest BCUT2D eigenvalue weighted by molar-refractivity contribution is 6.05. The number of hydrogen-bond donors (Lipinski definition) is 0. The van der Waals surface area contributed by atoms with Crippen molar-refractivity contribution in [3.05, 3.63) is 47.0 Å². The fourth-order valence-corrected chi connectivity index (χ4v) is 2.05. The van der Waals surface area contributed by atoms with E-state index in [2.05, 4.69) is 26.0 Å². The average molecular weight is 230 g/mol. The molecule has 0 bridgehead atoms. The first-order valence-corrected chi connectivity index (χ1v) is 6.51. The molecular formula is C16H22O. The SMILES string of the molecule is C/C=C/C(=O)c1ccc(CCC)cc1CCC. The standard InChI is InChI=1S/C16H22O/c1-4-7-13-10-11-15(16(17)9-6-3)14(12-13)8-5-2/h6,9-12H,4-5,7-8H2,1-3H3/b9-6+. The average Bonchev–Trinajstić information content (AvgIpc) is 2.30. The van der Waals surface area contributed by atoms with Gasteiger partial charge in [0.15, 0.2) is 5.78 Å². The Labute approximate surface area is 105 Å². The Morgan fingerprint density at radius 3 is 2.47 bits per heavy atom. The van der Waals surface area contributed by atoms with Crippen molar-refractivity contribution in [1.29, 1.82) is 0 Å². The first-order valence-electron chi connectivity index (χ1n) is 6.51. The molecule has 1 aromatic rings. The number of hydrogen-bond acceptors (Lipinski definition) is 1. The molecular weight excluding hydrogens is 208 g/mol. The van der Waals surface area contributed by atoms with Crippen LogP contribution < -0.4 is 0 Å². The van der Waals surface area contributed by atoms with E-state index in [1.54, 1.807) is 12.2 Å². The van der Waals surface area contributed by atoms with Gasteiger partial charge in [-0.3, -0.25) is 4.79 Å². The summed E-state index contributed by atoms with van der Waals surface area (Å²) in [5, 5.41) is 0. The van der Waals surface area contributed by atoms with Gasteiger partial charge in [-0.1, -0.05) is 51.0 Å². The van der Waals surface area contributed by atoms with E-state index in [9.17, 15) is 4.79 Å². The van der Waals surface area contributed by atoms with Gasteiger partial charge in [0.1, 0.15) is 0 Å². The molecule has 0 spiro atoms. The summed E-state index contributed by atoms with van der Waals surface area (Å²) in [5.41, 5.74) is 3.40. The van der Waals surface area contributed by atoms with Crippen LogP contribution in [0, 0.1) is 0 Å². The van der Waals surface area contributed by atoms with Crippen LogP contribution >= 0.6 is 0 Å². The fourth-order valence-electron chi connectivity index (χ4n) is 2.05. The third-order valence-corrected chi connectivity index (χ3v) is 2.81. The van der Waals surface area contributed by atoms with Crippen LogP contribution in [-0.2, 0) is 12.8 Å². The summed E-state index contributed by atoms with van der Waals surface area (Å²) in [6.45, 7) is 6.21. The molecule has 0 aliphatic rings. The second kappa shape index (κ2) is 7.05. The number of rotatable bonds is 6. The third-order valence-electron chi connectivity index (χ3n) is 2.81. The predicted octanol–water partition coefficient (Wildman–Crippen LogP) is 4.35. The Morgan fingerprint density at radius 1 is 1.18 bits per heavy atom. The van der Waals surface area contributed by atoms with Gasteiger partial charge in [0, 0.05) is 5.56 Å². The highest BCUT2D eigenvalue weighted by Crippen LogP contribution is 2.16. The first kappa shape index (κ1) is 13.7. The van der Waals surface area contributed by atoms with Crippen molar-refractivity contribution in [2.75, 3.05) is 0 Å². The normalized spacial score (nSPS) is 11.0. The molecule has 17 heavy (non-hydrogen) atoms. The van der Waals surface area contributed by atoms with Crippen LogP contribution in [-0.4, -0.2) is 5.78 Å². The zero-order chi connectivity index (χ0) is 12.7. The molecule has 0 saturated carbocycles. The minimum atomic E-state index is 0.124.